The Kier molecular flexibility index (Phi) is 3.01. The summed E-state index contributed by atoms with van der Waals surface area (Å²) in [5.74, 6) is 0.289. The van der Waals surface area contributed by atoms with Crippen LogP contribution in [0.1, 0.15) is 5.56 Å². The highest BCUT2D eigenvalue weighted by atomic mass is 16.3. The van der Waals surface area contributed by atoms with Crippen LogP contribution in [-0.4, -0.2) is 14.7 Å². The van der Waals surface area contributed by atoms with Crippen molar-refractivity contribution in [1.82, 2.24) is 9.55 Å². The van der Waals surface area contributed by atoms with Crippen molar-refractivity contribution in [2.45, 2.75) is 6.54 Å². The van der Waals surface area contributed by atoms with Gasteiger partial charge in [0.2, 0.25) is 0 Å². The zero-order valence-corrected chi connectivity index (χ0v) is 13.6. The van der Waals surface area contributed by atoms with E-state index < -0.39 is 0 Å². The highest BCUT2D eigenvalue weighted by Crippen LogP contribution is 2.34. The number of fused-ring (bicyclic) bond motifs is 4. The molecular weight excluding hydrogens is 308 g/mol. The Bertz CT molecular complexity index is 1220. The van der Waals surface area contributed by atoms with Gasteiger partial charge in [-0.2, -0.15) is 0 Å². The molecule has 0 radical (unpaired) electrons. The summed E-state index contributed by atoms with van der Waals surface area (Å²) in [5, 5.41) is 14.5. The predicted molar refractivity (Wildman–Crippen MR) is 102 cm³/mol. The number of aromatic hydroxyl groups is 1. The molecule has 0 bridgehead atoms. The van der Waals surface area contributed by atoms with E-state index in [1.54, 1.807) is 6.07 Å². The third-order valence-electron chi connectivity index (χ3n) is 4.79. The Labute approximate surface area is 144 Å². The number of nitrogens with zero attached hydrogens (tertiary/aromatic N) is 2. The second-order valence-electron chi connectivity index (χ2n) is 6.37. The molecule has 0 atom stereocenters. The third kappa shape index (κ3) is 2.24. The van der Waals surface area contributed by atoms with Gasteiger partial charge in [0, 0.05) is 40.6 Å². The molecule has 0 saturated carbocycles. The van der Waals surface area contributed by atoms with Gasteiger partial charge in [-0.15, -0.1) is 0 Å². The van der Waals surface area contributed by atoms with Crippen LogP contribution in [-0.2, 0) is 6.54 Å². The van der Waals surface area contributed by atoms with E-state index in [1.807, 2.05) is 36.7 Å². The number of aromatic nitrogens is 2. The summed E-state index contributed by atoms with van der Waals surface area (Å²) in [7, 11) is 0. The molecule has 3 heteroatoms. The van der Waals surface area contributed by atoms with Crippen molar-refractivity contribution >= 4 is 32.6 Å². The van der Waals surface area contributed by atoms with Crippen LogP contribution in [0.4, 0.5) is 0 Å². The maximum Gasteiger partial charge on any atom is 0.116 e. The maximum absolute atomic E-state index is 9.98. The van der Waals surface area contributed by atoms with Gasteiger partial charge in [-0.1, -0.05) is 30.3 Å². The van der Waals surface area contributed by atoms with E-state index in [9.17, 15) is 5.11 Å². The topological polar surface area (TPSA) is 38.1 Å². The fourth-order valence-electron chi connectivity index (χ4n) is 3.60. The minimum atomic E-state index is 0.289. The van der Waals surface area contributed by atoms with Gasteiger partial charge in [0.1, 0.15) is 5.75 Å². The fourth-order valence-corrected chi connectivity index (χ4v) is 3.60. The van der Waals surface area contributed by atoms with Gasteiger partial charge in [-0.05, 0) is 47.3 Å². The molecule has 0 aliphatic heterocycles. The second-order valence-corrected chi connectivity index (χ2v) is 6.37. The smallest absolute Gasteiger partial charge is 0.116 e. The monoisotopic (exact) mass is 324 g/mol. The Morgan fingerprint density at radius 3 is 2.52 bits per heavy atom. The SMILES string of the molecule is Oc1ccc2c(c1)c1cc3cnccc3cc1n2Cc1ccccc1. The average molecular weight is 324 g/mol. The van der Waals surface area contributed by atoms with E-state index in [4.69, 9.17) is 0 Å². The molecule has 5 rings (SSSR count). The van der Waals surface area contributed by atoms with Crippen molar-refractivity contribution in [3.8, 4) is 5.75 Å². The molecule has 120 valence electrons. The lowest BCUT2D eigenvalue weighted by molar-refractivity contribution is 0.476. The van der Waals surface area contributed by atoms with Crippen molar-refractivity contribution in [3.05, 3.63) is 84.7 Å². The minimum absolute atomic E-state index is 0.289. The van der Waals surface area contributed by atoms with E-state index in [1.165, 1.54) is 16.5 Å². The Morgan fingerprint density at radius 1 is 0.800 bits per heavy atom. The molecule has 0 unspecified atom stereocenters. The number of phenolic OH excluding ortho intramolecular Hbond substituents is 1. The number of benzene rings is 3. The number of rotatable bonds is 2. The van der Waals surface area contributed by atoms with Gasteiger partial charge in [0.15, 0.2) is 0 Å². The molecule has 2 aromatic heterocycles. The third-order valence-corrected chi connectivity index (χ3v) is 4.79. The molecule has 0 aliphatic rings. The molecule has 0 fully saturated rings. The summed E-state index contributed by atoms with van der Waals surface area (Å²) in [6.07, 6.45) is 3.71. The van der Waals surface area contributed by atoms with Crippen molar-refractivity contribution in [3.63, 3.8) is 0 Å². The summed E-state index contributed by atoms with van der Waals surface area (Å²) >= 11 is 0. The quantitative estimate of drug-likeness (QED) is 0.491. The van der Waals surface area contributed by atoms with Crippen molar-refractivity contribution < 1.29 is 5.11 Å². The molecule has 0 aliphatic carbocycles. The van der Waals surface area contributed by atoms with Gasteiger partial charge in [0.05, 0.1) is 5.52 Å². The van der Waals surface area contributed by atoms with Gasteiger partial charge < -0.3 is 9.67 Å². The van der Waals surface area contributed by atoms with Crippen molar-refractivity contribution in [2.24, 2.45) is 0 Å². The summed E-state index contributed by atoms with van der Waals surface area (Å²) in [5.41, 5.74) is 3.55. The lowest BCUT2D eigenvalue weighted by Gasteiger charge is -2.08. The highest BCUT2D eigenvalue weighted by molar-refractivity contribution is 6.12. The zero-order chi connectivity index (χ0) is 16.8. The van der Waals surface area contributed by atoms with E-state index in [0.29, 0.717) is 0 Å². The largest absolute Gasteiger partial charge is 0.508 e. The summed E-state index contributed by atoms with van der Waals surface area (Å²) in [6, 6.07) is 22.5. The van der Waals surface area contributed by atoms with E-state index >= 15 is 0 Å². The summed E-state index contributed by atoms with van der Waals surface area (Å²) < 4.78 is 2.32. The van der Waals surface area contributed by atoms with Gasteiger partial charge in [-0.25, -0.2) is 0 Å². The highest BCUT2D eigenvalue weighted by Gasteiger charge is 2.13. The summed E-state index contributed by atoms with van der Waals surface area (Å²) in [6.45, 7) is 0.794. The number of pyridine rings is 1. The number of phenols is 1. The molecule has 2 heterocycles. The lowest BCUT2D eigenvalue weighted by Crippen LogP contribution is -1.99. The Hall–Kier alpha value is -3.33. The molecule has 3 aromatic carbocycles. The first kappa shape index (κ1) is 14.1. The van der Waals surface area contributed by atoms with Crippen molar-refractivity contribution in [1.29, 1.82) is 0 Å². The molecular formula is C22H16N2O. The first-order chi connectivity index (χ1) is 12.3. The van der Waals surface area contributed by atoms with E-state index in [-0.39, 0.29) is 5.75 Å². The van der Waals surface area contributed by atoms with E-state index in [2.05, 4.69) is 45.9 Å². The van der Waals surface area contributed by atoms with Crippen LogP contribution < -0.4 is 0 Å². The van der Waals surface area contributed by atoms with Gasteiger partial charge in [0.25, 0.3) is 0 Å². The lowest BCUT2D eigenvalue weighted by atomic mass is 10.1. The predicted octanol–water partition coefficient (Wildman–Crippen LogP) is 5.10. The first-order valence-electron chi connectivity index (χ1n) is 8.32. The molecule has 0 amide bonds. The van der Waals surface area contributed by atoms with Crippen LogP contribution in [0, 0.1) is 0 Å². The van der Waals surface area contributed by atoms with Crippen LogP contribution in [0.3, 0.4) is 0 Å². The number of hydrogen-bond donors (Lipinski definition) is 1. The maximum atomic E-state index is 9.98. The van der Waals surface area contributed by atoms with E-state index in [0.717, 1.165) is 28.2 Å². The van der Waals surface area contributed by atoms with Crippen LogP contribution in [0.5, 0.6) is 5.75 Å². The standard InChI is InChI=1S/C22H16N2O/c25-18-6-7-21-20(12-18)19-10-17-13-23-9-8-16(17)11-22(19)24(21)14-15-4-2-1-3-5-15/h1-13,25H,14H2. The van der Waals surface area contributed by atoms with Crippen LogP contribution >= 0.6 is 0 Å². The van der Waals surface area contributed by atoms with Gasteiger partial charge in [-0.3, -0.25) is 4.98 Å². The second kappa shape index (κ2) is 5.35. The average Bonchev–Trinajstić information content (AvgIpc) is 2.93. The molecule has 25 heavy (non-hydrogen) atoms. The Balaban J connectivity index is 1.88. The van der Waals surface area contributed by atoms with Gasteiger partial charge >= 0.3 is 0 Å². The van der Waals surface area contributed by atoms with Crippen LogP contribution in [0.25, 0.3) is 32.6 Å². The summed E-state index contributed by atoms with van der Waals surface area (Å²) in [4.78, 5) is 4.24. The first-order valence-corrected chi connectivity index (χ1v) is 8.32. The normalized spacial score (nSPS) is 11.5. The molecule has 0 spiro atoms. The van der Waals surface area contributed by atoms with Crippen molar-refractivity contribution in [2.75, 3.05) is 0 Å². The number of hydrogen-bond acceptors (Lipinski definition) is 2. The molecule has 5 aromatic rings. The molecule has 0 saturated heterocycles. The molecule has 3 nitrogen and oxygen atoms in total. The van der Waals surface area contributed by atoms with Crippen LogP contribution in [0.15, 0.2) is 79.1 Å². The Morgan fingerprint density at radius 2 is 1.64 bits per heavy atom. The fraction of sp³-hybridized carbons (Fsp3) is 0.0455. The molecule has 1 N–H and O–H groups in total. The minimum Gasteiger partial charge on any atom is -0.508 e. The zero-order valence-electron chi connectivity index (χ0n) is 13.6. The van der Waals surface area contributed by atoms with Crippen LogP contribution in [0.2, 0.25) is 0 Å².